The Hall–Kier alpha value is -0.710. The highest BCUT2D eigenvalue weighted by Gasteiger charge is 2.13. The van der Waals surface area contributed by atoms with Crippen LogP contribution in [0.4, 0.5) is 8.78 Å². The van der Waals surface area contributed by atoms with Gasteiger partial charge >= 0.3 is 0 Å². The van der Waals surface area contributed by atoms with Crippen molar-refractivity contribution in [3.63, 3.8) is 0 Å². The Morgan fingerprint density at radius 2 is 2.18 bits per heavy atom. The average Bonchev–Trinajstić information content (AvgIpc) is 1.86. The molecule has 5 heteroatoms. The molecular weight excluding hydrogens is 156 g/mol. The molecule has 0 saturated carbocycles. The van der Waals surface area contributed by atoms with E-state index >= 15 is 0 Å². The van der Waals surface area contributed by atoms with E-state index in [2.05, 4.69) is 0 Å². The molecule has 0 atom stereocenters. The van der Waals surface area contributed by atoms with Crippen LogP contribution in [0.3, 0.4) is 0 Å². The predicted octanol–water partition coefficient (Wildman–Crippen LogP) is 0.0923. The maximum absolute atomic E-state index is 11.7. The number of halogens is 2. The smallest absolute Gasteiger partial charge is 0.255 e. The molecule has 0 saturated heterocycles. The fourth-order valence-corrected chi connectivity index (χ4v) is 0.665. The summed E-state index contributed by atoms with van der Waals surface area (Å²) in [5.74, 6) is -0.445. The Bertz CT molecular complexity index is 130. The first-order valence-electron chi connectivity index (χ1n) is 3.22. The first-order chi connectivity index (χ1) is 5.07. The van der Waals surface area contributed by atoms with Gasteiger partial charge in [-0.2, -0.15) is 0 Å². The van der Waals surface area contributed by atoms with E-state index in [1.165, 1.54) is 6.92 Å². The highest BCUT2D eigenvalue weighted by molar-refractivity contribution is 5.73. The maximum Gasteiger partial charge on any atom is 0.255 e. The molecule has 11 heavy (non-hydrogen) atoms. The molecule has 0 aliphatic heterocycles. The normalized spacial score (nSPS) is 10.3. The molecule has 0 radical (unpaired) electrons. The first-order valence-corrected chi connectivity index (χ1v) is 3.22. The molecule has 0 aliphatic rings. The SMILES string of the molecule is CC(=O)N(CCO)CC(F)F. The van der Waals surface area contributed by atoms with Gasteiger partial charge in [-0.25, -0.2) is 8.78 Å². The fourth-order valence-electron chi connectivity index (χ4n) is 0.665. The Morgan fingerprint density at radius 1 is 1.64 bits per heavy atom. The number of hydrogen-bond donors (Lipinski definition) is 1. The predicted molar refractivity (Wildman–Crippen MR) is 35.3 cm³/mol. The van der Waals surface area contributed by atoms with Crippen molar-refractivity contribution in [3.8, 4) is 0 Å². The Morgan fingerprint density at radius 3 is 2.45 bits per heavy atom. The molecular formula is C6H11F2NO2. The number of carbonyl (C=O) groups is 1. The lowest BCUT2D eigenvalue weighted by molar-refractivity contribution is -0.131. The van der Waals surface area contributed by atoms with E-state index in [4.69, 9.17) is 5.11 Å². The number of aliphatic hydroxyl groups excluding tert-OH is 1. The molecule has 0 spiro atoms. The van der Waals surface area contributed by atoms with Crippen LogP contribution in [0.1, 0.15) is 6.92 Å². The zero-order valence-corrected chi connectivity index (χ0v) is 6.26. The van der Waals surface area contributed by atoms with Crippen molar-refractivity contribution in [2.24, 2.45) is 0 Å². The second-order valence-electron chi connectivity index (χ2n) is 2.08. The fraction of sp³-hybridized carbons (Fsp3) is 0.833. The van der Waals surface area contributed by atoms with Crippen molar-refractivity contribution in [2.75, 3.05) is 19.7 Å². The summed E-state index contributed by atoms with van der Waals surface area (Å²) in [6.45, 7) is 0.278. The topological polar surface area (TPSA) is 40.5 Å². The van der Waals surface area contributed by atoms with Gasteiger partial charge in [-0.1, -0.05) is 0 Å². The second-order valence-corrected chi connectivity index (χ2v) is 2.08. The number of amides is 1. The van der Waals surface area contributed by atoms with Gasteiger partial charge in [0.2, 0.25) is 5.91 Å². The second kappa shape index (κ2) is 5.01. The van der Waals surface area contributed by atoms with E-state index in [0.29, 0.717) is 0 Å². The summed E-state index contributed by atoms with van der Waals surface area (Å²) in [6.07, 6.45) is -2.54. The van der Waals surface area contributed by atoms with E-state index in [0.717, 1.165) is 4.90 Å². The first kappa shape index (κ1) is 10.3. The molecule has 0 unspecified atom stereocenters. The monoisotopic (exact) mass is 167 g/mol. The van der Waals surface area contributed by atoms with Crippen molar-refractivity contribution in [1.29, 1.82) is 0 Å². The van der Waals surface area contributed by atoms with Crippen LogP contribution in [-0.2, 0) is 4.79 Å². The van der Waals surface area contributed by atoms with Crippen LogP contribution in [0.15, 0.2) is 0 Å². The summed E-state index contributed by atoms with van der Waals surface area (Å²) in [7, 11) is 0. The van der Waals surface area contributed by atoms with Gasteiger partial charge in [0.05, 0.1) is 13.2 Å². The van der Waals surface area contributed by atoms with Crippen molar-refractivity contribution in [2.45, 2.75) is 13.3 Å². The van der Waals surface area contributed by atoms with Crippen LogP contribution in [0, 0.1) is 0 Å². The summed E-state index contributed by atoms with van der Waals surface area (Å²) in [5, 5.41) is 8.36. The van der Waals surface area contributed by atoms with Crippen LogP contribution in [-0.4, -0.2) is 42.0 Å². The number of rotatable bonds is 4. The summed E-state index contributed by atoms with van der Waals surface area (Å²) in [6, 6.07) is 0. The van der Waals surface area contributed by atoms with Crippen LogP contribution in [0.25, 0.3) is 0 Å². The van der Waals surface area contributed by atoms with E-state index in [-0.39, 0.29) is 13.2 Å². The molecule has 0 rings (SSSR count). The van der Waals surface area contributed by atoms with Gasteiger partial charge in [0, 0.05) is 13.5 Å². The Labute approximate surface area is 63.6 Å². The minimum atomic E-state index is -2.54. The zero-order chi connectivity index (χ0) is 8.85. The van der Waals surface area contributed by atoms with Crippen LogP contribution >= 0.6 is 0 Å². The van der Waals surface area contributed by atoms with Gasteiger partial charge in [-0.3, -0.25) is 4.79 Å². The number of alkyl halides is 2. The van der Waals surface area contributed by atoms with E-state index in [1.54, 1.807) is 0 Å². The maximum atomic E-state index is 11.7. The summed E-state index contributed by atoms with van der Waals surface area (Å²) < 4.78 is 23.4. The number of hydrogen-bond acceptors (Lipinski definition) is 2. The molecule has 1 amide bonds. The molecule has 66 valence electrons. The largest absolute Gasteiger partial charge is 0.395 e. The third-order valence-corrected chi connectivity index (χ3v) is 1.17. The quantitative estimate of drug-likeness (QED) is 0.644. The molecule has 1 N–H and O–H groups in total. The Balaban J connectivity index is 3.79. The van der Waals surface area contributed by atoms with Gasteiger partial charge in [-0.05, 0) is 0 Å². The summed E-state index contributed by atoms with van der Waals surface area (Å²) >= 11 is 0. The molecule has 0 fully saturated rings. The van der Waals surface area contributed by atoms with Crippen LogP contribution in [0.5, 0.6) is 0 Å². The zero-order valence-electron chi connectivity index (χ0n) is 6.26. The minimum absolute atomic E-state index is 0.0281. The van der Waals surface area contributed by atoms with Crippen molar-refractivity contribution in [3.05, 3.63) is 0 Å². The molecule has 3 nitrogen and oxygen atoms in total. The Kier molecular flexibility index (Phi) is 4.69. The van der Waals surface area contributed by atoms with Gasteiger partial charge in [0.1, 0.15) is 0 Å². The summed E-state index contributed by atoms with van der Waals surface area (Å²) in [5.41, 5.74) is 0. The van der Waals surface area contributed by atoms with E-state index < -0.39 is 18.9 Å². The lowest BCUT2D eigenvalue weighted by Crippen LogP contribution is -2.35. The third kappa shape index (κ3) is 4.66. The average molecular weight is 167 g/mol. The van der Waals surface area contributed by atoms with Crippen molar-refractivity contribution < 1.29 is 18.7 Å². The molecule has 0 aliphatic carbocycles. The van der Waals surface area contributed by atoms with Gasteiger partial charge < -0.3 is 10.0 Å². The molecule has 0 heterocycles. The van der Waals surface area contributed by atoms with Crippen LogP contribution < -0.4 is 0 Å². The minimum Gasteiger partial charge on any atom is -0.395 e. The number of aliphatic hydroxyl groups is 1. The van der Waals surface area contributed by atoms with Gasteiger partial charge in [0.25, 0.3) is 6.43 Å². The number of nitrogens with zero attached hydrogens (tertiary/aromatic N) is 1. The van der Waals surface area contributed by atoms with E-state index in [9.17, 15) is 13.6 Å². The molecule has 0 aromatic heterocycles. The van der Waals surface area contributed by atoms with Crippen molar-refractivity contribution in [1.82, 2.24) is 4.90 Å². The van der Waals surface area contributed by atoms with Gasteiger partial charge in [0.15, 0.2) is 0 Å². The number of carbonyl (C=O) groups excluding carboxylic acids is 1. The summed E-state index contributed by atoms with van der Waals surface area (Å²) in [4.78, 5) is 11.5. The molecule has 0 aromatic carbocycles. The molecule has 0 aromatic rings. The third-order valence-electron chi connectivity index (χ3n) is 1.17. The lowest BCUT2D eigenvalue weighted by Gasteiger charge is -2.18. The van der Waals surface area contributed by atoms with Crippen molar-refractivity contribution >= 4 is 5.91 Å². The standard InChI is InChI=1S/C6H11F2NO2/c1-5(11)9(2-3-10)4-6(7)8/h6,10H,2-4H2,1H3. The molecule has 0 bridgehead atoms. The van der Waals surface area contributed by atoms with Gasteiger partial charge in [-0.15, -0.1) is 0 Å². The highest BCUT2D eigenvalue weighted by Crippen LogP contribution is 1.97. The van der Waals surface area contributed by atoms with Crippen LogP contribution in [0.2, 0.25) is 0 Å². The van der Waals surface area contributed by atoms with E-state index in [1.807, 2.05) is 0 Å². The lowest BCUT2D eigenvalue weighted by atomic mass is 10.4. The highest BCUT2D eigenvalue weighted by atomic mass is 19.3.